The summed E-state index contributed by atoms with van der Waals surface area (Å²) in [4.78, 5) is 41.0. The van der Waals surface area contributed by atoms with E-state index in [0.29, 0.717) is 22.3 Å². The highest BCUT2D eigenvalue weighted by atomic mass is 32.2. The van der Waals surface area contributed by atoms with Crippen LogP contribution >= 0.6 is 47.0 Å². The van der Waals surface area contributed by atoms with E-state index in [1.54, 1.807) is 0 Å². The minimum atomic E-state index is -0.0862. The van der Waals surface area contributed by atoms with Gasteiger partial charge in [0.2, 0.25) is 16.2 Å². The van der Waals surface area contributed by atoms with Gasteiger partial charge in [-0.2, -0.15) is 15.0 Å². The molecule has 0 saturated heterocycles. The zero-order valence-electron chi connectivity index (χ0n) is 20.1. The van der Waals surface area contributed by atoms with Gasteiger partial charge in [0, 0.05) is 25.6 Å². The Labute approximate surface area is 234 Å². The Hall–Kier alpha value is -2.53. The molecule has 3 aromatic rings. The number of benzene rings is 2. The van der Waals surface area contributed by atoms with Crippen LogP contribution in [0.2, 0.25) is 0 Å². The number of nitrogens with zero attached hydrogens (tertiary/aromatic N) is 3. The molecule has 1 aromatic heterocycles. The zero-order chi connectivity index (χ0) is 26.0. The molecule has 0 bridgehead atoms. The molecule has 2 aromatic carbocycles. The van der Waals surface area contributed by atoms with Gasteiger partial charge in [-0.1, -0.05) is 32.4 Å². The van der Waals surface area contributed by atoms with E-state index in [1.165, 1.54) is 54.9 Å². The zero-order valence-corrected chi connectivity index (χ0v) is 23.4. The molecule has 1 N–H and O–H groups in total. The second-order valence-corrected chi connectivity index (χ2v) is 12.3. The molecule has 0 amide bonds. The van der Waals surface area contributed by atoms with E-state index in [-0.39, 0.29) is 10.2 Å². The summed E-state index contributed by atoms with van der Waals surface area (Å²) < 4.78 is 0. The van der Waals surface area contributed by atoms with E-state index in [4.69, 9.17) is 15.0 Å². The SMILES string of the molecule is C=CC(=O)Sc1ccc(Sc2nc(NC3CCCCC3)nc(Sc3ccc(SC(=O)C=C)cc3)n2)cc1. The Balaban J connectivity index is 1.52. The van der Waals surface area contributed by atoms with E-state index in [2.05, 4.69) is 18.5 Å². The van der Waals surface area contributed by atoms with E-state index >= 15 is 0 Å². The molecule has 6 nitrogen and oxygen atoms in total. The first-order valence-corrected chi connectivity index (χ1v) is 15.0. The Morgan fingerprint density at radius 3 is 1.57 bits per heavy atom. The van der Waals surface area contributed by atoms with Crippen LogP contribution in [0.25, 0.3) is 0 Å². The standard InChI is InChI=1S/C27H26N4O2S4/c1-3-23(32)34-19-10-14-21(15-11-19)36-26-29-25(28-18-8-6-5-7-9-18)30-27(31-26)37-22-16-12-20(13-17-22)35-24(33)4-2/h3-4,10-18H,1-2,5-9H2,(H,28,29,30,31). The van der Waals surface area contributed by atoms with Gasteiger partial charge >= 0.3 is 0 Å². The summed E-state index contributed by atoms with van der Waals surface area (Å²) in [6.07, 6.45) is 8.55. The first-order valence-electron chi connectivity index (χ1n) is 11.8. The molecular formula is C27H26N4O2S4. The van der Waals surface area contributed by atoms with Crippen molar-refractivity contribution >= 4 is 63.2 Å². The molecule has 1 aliphatic carbocycles. The van der Waals surface area contributed by atoms with Crippen molar-refractivity contribution in [3.63, 3.8) is 0 Å². The highest BCUT2D eigenvalue weighted by Gasteiger charge is 2.17. The van der Waals surface area contributed by atoms with Crippen molar-refractivity contribution in [3.05, 3.63) is 73.8 Å². The molecule has 0 aliphatic heterocycles. The summed E-state index contributed by atoms with van der Waals surface area (Å²) >= 11 is 5.19. The number of anilines is 1. The van der Waals surface area contributed by atoms with Gasteiger partial charge < -0.3 is 5.32 Å². The molecule has 0 atom stereocenters. The molecule has 1 saturated carbocycles. The van der Waals surface area contributed by atoms with Crippen molar-refractivity contribution in [2.75, 3.05) is 5.32 Å². The summed E-state index contributed by atoms with van der Waals surface area (Å²) in [5.74, 6) is 0.583. The van der Waals surface area contributed by atoms with Crippen molar-refractivity contribution in [2.45, 2.75) is 68.0 Å². The fourth-order valence-electron chi connectivity index (χ4n) is 3.60. The maximum absolute atomic E-state index is 11.6. The smallest absolute Gasteiger partial charge is 0.227 e. The van der Waals surface area contributed by atoms with Gasteiger partial charge in [0.05, 0.1) is 0 Å². The number of rotatable bonds is 10. The van der Waals surface area contributed by atoms with Gasteiger partial charge in [-0.05, 0) is 121 Å². The molecule has 0 spiro atoms. The maximum Gasteiger partial charge on any atom is 0.227 e. The number of carbonyl (C=O) groups excluding carboxylic acids is 2. The lowest BCUT2D eigenvalue weighted by Crippen LogP contribution is -2.23. The first kappa shape index (κ1) is 27.5. The van der Waals surface area contributed by atoms with Gasteiger partial charge in [-0.15, -0.1) is 0 Å². The second-order valence-electron chi connectivity index (χ2n) is 8.10. The summed E-state index contributed by atoms with van der Waals surface area (Å²) in [6.45, 7) is 7.03. The molecule has 190 valence electrons. The van der Waals surface area contributed by atoms with Gasteiger partial charge in [-0.25, -0.2) is 0 Å². The summed E-state index contributed by atoms with van der Waals surface area (Å²) in [5, 5.41) is 4.54. The fourth-order valence-corrected chi connectivity index (χ4v) is 6.33. The van der Waals surface area contributed by atoms with Crippen molar-refractivity contribution in [2.24, 2.45) is 0 Å². The average molecular weight is 567 g/mol. The third-order valence-corrected chi connectivity index (χ3v) is 8.87. The molecule has 4 rings (SSSR count). The highest BCUT2D eigenvalue weighted by molar-refractivity contribution is 8.14. The topological polar surface area (TPSA) is 84.8 Å². The van der Waals surface area contributed by atoms with Crippen molar-refractivity contribution < 1.29 is 9.59 Å². The number of carbonyl (C=O) groups is 2. The van der Waals surface area contributed by atoms with Gasteiger partial charge in [-0.3, -0.25) is 9.59 Å². The van der Waals surface area contributed by atoms with Crippen LogP contribution in [0.15, 0.2) is 104 Å². The average Bonchev–Trinajstić information content (AvgIpc) is 2.91. The largest absolute Gasteiger partial charge is 0.351 e. The second kappa shape index (κ2) is 13.9. The lowest BCUT2D eigenvalue weighted by Gasteiger charge is -2.22. The third-order valence-electron chi connectivity index (χ3n) is 5.37. The minimum Gasteiger partial charge on any atom is -0.351 e. The molecule has 37 heavy (non-hydrogen) atoms. The summed E-state index contributed by atoms with van der Waals surface area (Å²) in [7, 11) is 0. The lowest BCUT2D eigenvalue weighted by atomic mass is 9.96. The molecular weight excluding hydrogens is 541 g/mol. The van der Waals surface area contributed by atoms with Gasteiger partial charge in [0.1, 0.15) is 0 Å². The Kier molecular flexibility index (Phi) is 10.3. The van der Waals surface area contributed by atoms with Crippen LogP contribution < -0.4 is 5.32 Å². The number of nitrogens with one attached hydrogen (secondary N) is 1. The van der Waals surface area contributed by atoms with Crippen molar-refractivity contribution in [3.8, 4) is 0 Å². The first-order chi connectivity index (χ1) is 18.0. The maximum atomic E-state index is 11.6. The summed E-state index contributed by atoms with van der Waals surface area (Å²) in [6, 6.07) is 15.8. The van der Waals surface area contributed by atoms with Crippen molar-refractivity contribution in [1.29, 1.82) is 0 Å². The Morgan fingerprint density at radius 2 is 1.14 bits per heavy atom. The summed E-state index contributed by atoms with van der Waals surface area (Å²) in [5.41, 5.74) is 0. The van der Waals surface area contributed by atoms with Crippen LogP contribution in [-0.4, -0.2) is 31.2 Å². The van der Waals surface area contributed by atoms with E-state index < -0.39 is 0 Å². The lowest BCUT2D eigenvalue weighted by molar-refractivity contribution is -0.107. The Morgan fingerprint density at radius 1 is 0.703 bits per heavy atom. The number of hydrogen-bond donors (Lipinski definition) is 1. The van der Waals surface area contributed by atoms with E-state index in [1.807, 2.05) is 48.5 Å². The van der Waals surface area contributed by atoms with Crippen LogP contribution in [0.4, 0.5) is 5.95 Å². The molecule has 10 heteroatoms. The van der Waals surface area contributed by atoms with Crippen molar-refractivity contribution in [1.82, 2.24) is 15.0 Å². The monoisotopic (exact) mass is 566 g/mol. The van der Waals surface area contributed by atoms with Crippen LogP contribution in [-0.2, 0) is 9.59 Å². The molecule has 1 heterocycles. The number of thioether (sulfide) groups is 2. The van der Waals surface area contributed by atoms with E-state index in [9.17, 15) is 9.59 Å². The van der Waals surface area contributed by atoms with Crippen LogP contribution in [0.1, 0.15) is 32.1 Å². The number of hydrogen-bond acceptors (Lipinski definition) is 10. The minimum absolute atomic E-state index is 0.0862. The molecule has 1 aliphatic rings. The molecule has 1 fully saturated rings. The van der Waals surface area contributed by atoms with Gasteiger partial charge in [0.15, 0.2) is 10.3 Å². The Bertz CT molecular complexity index is 1170. The molecule has 0 unspecified atom stereocenters. The van der Waals surface area contributed by atoms with Crippen LogP contribution in [0, 0.1) is 0 Å². The van der Waals surface area contributed by atoms with Crippen LogP contribution in [0.5, 0.6) is 0 Å². The quantitative estimate of drug-likeness (QED) is 0.196. The van der Waals surface area contributed by atoms with E-state index in [0.717, 1.165) is 55.9 Å². The fraction of sp³-hybridized carbons (Fsp3) is 0.222. The predicted molar refractivity (Wildman–Crippen MR) is 154 cm³/mol. The van der Waals surface area contributed by atoms with Crippen LogP contribution in [0.3, 0.4) is 0 Å². The third kappa shape index (κ3) is 8.77. The highest BCUT2D eigenvalue weighted by Crippen LogP contribution is 2.33. The predicted octanol–water partition coefficient (Wildman–Crippen LogP) is 7.53. The van der Waals surface area contributed by atoms with Gasteiger partial charge in [0.25, 0.3) is 0 Å². The normalized spacial score (nSPS) is 13.6. The number of aromatic nitrogens is 3. The molecule has 0 radical (unpaired) electrons.